The summed E-state index contributed by atoms with van der Waals surface area (Å²) in [7, 11) is 0. The van der Waals surface area contributed by atoms with Crippen LogP contribution >= 0.6 is 0 Å². The largest absolute Gasteiger partial charge is 0.393 e. The molecule has 28 heavy (non-hydrogen) atoms. The van der Waals surface area contributed by atoms with E-state index >= 15 is 0 Å². The first-order valence-electron chi connectivity index (χ1n) is 11.3. The Balaban J connectivity index is 1.50. The van der Waals surface area contributed by atoms with Gasteiger partial charge in [0, 0.05) is 19.1 Å². The molecule has 0 atom stereocenters. The van der Waals surface area contributed by atoms with Crippen molar-refractivity contribution < 1.29 is 5.11 Å². The molecule has 0 amide bonds. The van der Waals surface area contributed by atoms with E-state index < -0.39 is 0 Å². The highest BCUT2D eigenvalue weighted by Gasteiger charge is 2.19. The van der Waals surface area contributed by atoms with Gasteiger partial charge in [-0.2, -0.15) is 0 Å². The molecule has 5 heteroatoms. The predicted octanol–water partition coefficient (Wildman–Crippen LogP) is 3.42. The van der Waals surface area contributed by atoms with Crippen LogP contribution in [0, 0.1) is 0 Å². The number of aliphatic imine (C=N–C) groups is 1. The fourth-order valence-corrected chi connectivity index (χ4v) is 4.21. The molecule has 1 aromatic carbocycles. The quantitative estimate of drug-likeness (QED) is 0.518. The number of rotatable bonds is 6. The number of nitrogens with zero attached hydrogens (tertiary/aromatic N) is 2. The third-order valence-corrected chi connectivity index (χ3v) is 5.93. The molecule has 3 N–H and O–H groups in total. The average molecular weight is 387 g/mol. The van der Waals surface area contributed by atoms with Gasteiger partial charge < -0.3 is 15.7 Å². The molecule has 156 valence electrons. The van der Waals surface area contributed by atoms with Crippen molar-refractivity contribution >= 4 is 5.96 Å². The van der Waals surface area contributed by atoms with Gasteiger partial charge in [0.1, 0.15) is 0 Å². The van der Waals surface area contributed by atoms with E-state index in [4.69, 9.17) is 4.99 Å². The van der Waals surface area contributed by atoms with Crippen molar-refractivity contribution in [3.05, 3.63) is 35.4 Å². The summed E-state index contributed by atoms with van der Waals surface area (Å²) >= 11 is 0. The summed E-state index contributed by atoms with van der Waals surface area (Å²) < 4.78 is 0. The maximum absolute atomic E-state index is 9.68. The van der Waals surface area contributed by atoms with Crippen molar-refractivity contribution in [1.29, 1.82) is 0 Å². The van der Waals surface area contributed by atoms with Gasteiger partial charge in [-0.25, -0.2) is 4.99 Å². The number of guanidine groups is 1. The molecule has 0 radical (unpaired) electrons. The fraction of sp³-hybridized carbons (Fsp3) is 0.696. The third-order valence-electron chi connectivity index (χ3n) is 5.93. The van der Waals surface area contributed by atoms with Crippen LogP contribution < -0.4 is 10.6 Å². The maximum atomic E-state index is 9.68. The number of nitrogens with one attached hydrogen (secondary N) is 2. The van der Waals surface area contributed by atoms with Crippen LogP contribution in [0.1, 0.15) is 69.4 Å². The molecule has 0 aromatic heterocycles. The lowest BCUT2D eigenvalue weighted by Gasteiger charge is -2.27. The van der Waals surface area contributed by atoms with Gasteiger partial charge in [-0.15, -0.1) is 0 Å². The minimum absolute atomic E-state index is 0.120. The number of benzene rings is 1. The lowest BCUT2D eigenvalue weighted by Crippen LogP contribution is -2.45. The highest BCUT2D eigenvalue weighted by atomic mass is 16.3. The van der Waals surface area contributed by atoms with Gasteiger partial charge >= 0.3 is 0 Å². The van der Waals surface area contributed by atoms with Crippen molar-refractivity contribution in [3.8, 4) is 0 Å². The van der Waals surface area contributed by atoms with Crippen LogP contribution in [0.2, 0.25) is 0 Å². The smallest absolute Gasteiger partial charge is 0.191 e. The highest BCUT2D eigenvalue weighted by Crippen LogP contribution is 2.18. The lowest BCUT2D eigenvalue weighted by atomic mass is 9.93. The van der Waals surface area contributed by atoms with E-state index in [0.29, 0.717) is 12.6 Å². The fourth-order valence-electron chi connectivity index (χ4n) is 4.21. The monoisotopic (exact) mass is 386 g/mol. The molecule has 5 nitrogen and oxygen atoms in total. The molecule has 1 heterocycles. The van der Waals surface area contributed by atoms with Gasteiger partial charge in [0.15, 0.2) is 5.96 Å². The van der Waals surface area contributed by atoms with E-state index in [-0.39, 0.29) is 6.10 Å². The molecule has 1 saturated carbocycles. The summed E-state index contributed by atoms with van der Waals surface area (Å²) in [6.07, 6.45) is 9.12. The van der Waals surface area contributed by atoms with Crippen molar-refractivity contribution in [2.75, 3.05) is 19.6 Å². The highest BCUT2D eigenvalue weighted by molar-refractivity contribution is 5.80. The van der Waals surface area contributed by atoms with Crippen LogP contribution in [0.3, 0.4) is 0 Å². The Hall–Kier alpha value is -1.59. The molecule has 1 aliphatic heterocycles. The Morgan fingerprint density at radius 2 is 1.64 bits per heavy atom. The van der Waals surface area contributed by atoms with Gasteiger partial charge in [-0.05, 0) is 69.7 Å². The summed E-state index contributed by atoms with van der Waals surface area (Å²) in [4.78, 5) is 7.37. The van der Waals surface area contributed by atoms with Crippen LogP contribution in [0.5, 0.6) is 0 Å². The molecule has 1 saturated heterocycles. The zero-order valence-electron chi connectivity index (χ0n) is 17.5. The third kappa shape index (κ3) is 7.10. The van der Waals surface area contributed by atoms with E-state index in [1.165, 1.54) is 49.9 Å². The number of aliphatic hydroxyl groups excluding tert-OH is 1. The van der Waals surface area contributed by atoms with Gasteiger partial charge in [-0.3, -0.25) is 4.90 Å². The second-order valence-electron chi connectivity index (χ2n) is 8.35. The van der Waals surface area contributed by atoms with E-state index in [9.17, 15) is 5.11 Å². The molecule has 2 aliphatic rings. The van der Waals surface area contributed by atoms with Crippen molar-refractivity contribution in [1.82, 2.24) is 15.5 Å². The zero-order valence-corrected chi connectivity index (χ0v) is 17.5. The molecule has 3 rings (SSSR count). The molecular formula is C23H38N4O. The summed E-state index contributed by atoms with van der Waals surface area (Å²) in [5.41, 5.74) is 2.65. The predicted molar refractivity (Wildman–Crippen MR) is 116 cm³/mol. The summed E-state index contributed by atoms with van der Waals surface area (Å²) in [6, 6.07) is 9.38. The number of aliphatic hydroxyl groups is 1. The van der Waals surface area contributed by atoms with Crippen LogP contribution in [-0.4, -0.2) is 47.7 Å². The Morgan fingerprint density at radius 3 is 2.29 bits per heavy atom. The average Bonchev–Trinajstić information content (AvgIpc) is 2.98. The minimum Gasteiger partial charge on any atom is -0.393 e. The zero-order chi connectivity index (χ0) is 19.6. The first kappa shape index (κ1) is 21.1. The first-order chi connectivity index (χ1) is 13.7. The molecular weight excluding hydrogens is 348 g/mol. The van der Waals surface area contributed by atoms with Gasteiger partial charge in [0.25, 0.3) is 0 Å². The SMILES string of the molecule is CCNC(=NCc1ccc(CN2CCCCCC2)cc1)NC1CCC(O)CC1. The second-order valence-corrected chi connectivity index (χ2v) is 8.35. The number of hydrogen-bond acceptors (Lipinski definition) is 3. The summed E-state index contributed by atoms with van der Waals surface area (Å²) in [5, 5.41) is 16.6. The number of hydrogen-bond donors (Lipinski definition) is 3. The van der Waals surface area contributed by atoms with Crippen molar-refractivity contribution in [2.45, 2.75) is 83.5 Å². The van der Waals surface area contributed by atoms with Crippen LogP contribution in [0.4, 0.5) is 0 Å². The molecule has 2 fully saturated rings. The molecule has 0 spiro atoms. The molecule has 1 aromatic rings. The first-order valence-corrected chi connectivity index (χ1v) is 11.3. The normalized spacial score (nSPS) is 24.6. The van der Waals surface area contributed by atoms with Crippen LogP contribution in [-0.2, 0) is 13.1 Å². The topological polar surface area (TPSA) is 59.9 Å². The Labute approximate surface area is 170 Å². The molecule has 0 bridgehead atoms. The maximum Gasteiger partial charge on any atom is 0.191 e. The van der Waals surface area contributed by atoms with Gasteiger partial charge in [0.05, 0.1) is 12.6 Å². The van der Waals surface area contributed by atoms with E-state index in [1.807, 2.05) is 0 Å². The standard InChI is InChI=1S/C23H38N4O/c1-2-24-23(26-21-11-13-22(28)14-12-21)25-17-19-7-9-20(10-8-19)18-27-15-5-3-4-6-16-27/h7-10,21-22,28H,2-6,11-18H2,1H3,(H2,24,25,26). The summed E-state index contributed by atoms with van der Waals surface area (Å²) in [6.45, 7) is 7.19. The Kier molecular flexibility index (Phi) is 8.62. The van der Waals surface area contributed by atoms with E-state index in [2.05, 4.69) is 46.7 Å². The Bertz CT molecular complexity index is 585. The van der Waals surface area contributed by atoms with Crippen LogP contribution in [0.25, 0.3) is 0 Å². The molecule has 0 unspecified atom stereocenters. The van der Waals surface area contributed by atoms with Crippen molar-refractivity contribution in [3.63, 3.8) is 0 Å². The lowest BCUT2D eigenvalue weighted by molar-refractivity contribution is 0.120. The van der Waals surface area contributed by atoms with E-state index in [1.54, 1.807) is 0 Å². The number of likely N-dealkylation sites (tertiary alicyclic amines) is 1. The van der Waals surface area contributed by atoms with Crippen LogP contribution in [0.15, 0.2) is 29.3 Å². The van der Waals surface area contributed by atoms with E-state index in [0.717, 1.165) is 44.7 Å². The second kappa shape index (κ2) is 11.4. The summed E-state index contributed by atoms with van der Waals surface area (Å²) in [5.74, 6) is 0.887. The molecule has 1 aliphatic carbocycles. The minimum atomic E-state index is -0.120. The Morgan fingerprint density at radius 1 is 1.00 bits per heavy atom. The van der Waals surface area contributed by atoms with Crippen molar-refractivity contribution in [2.24, 2.45) is 4.99 Å². The van der Waals surface area contributed by atoms with Gasteiger partial charge in [-0.1, -0.05) is 37.1 Å². The van der Waals surface area contributed by atoms with Gasteiger partial charge in [0.2, 0.25) is 0 Å².